The van der Waals surface area contributed by atoms with Gasteiger partial charge in [0.2, 0.25) is 0 Å². The van der Waals surface area contributed by atoms with E-state index in [-0.39, 0.29) is 17.0 Å². The molecule has 0 unspecified atom stereocenters. The summed E-state index contributed by atoms with van der Waals surface area (Å²) >= 11 is 0. The van der Waals surface area contributed by atoms with E-state index in [0.717, 1.165) is 0 Å². The number of nitrogens with zero attached hydrogens (tertiary/aromatic N) is 1. The third-order valence-corrected chi connectivity index (χ3v) is 2.61. The van der Waals surface area contributed by atoms with Crippen LogP contribution >= 0.6 is 0 Å². The summed E-state index contributed by atoms with van der Waals surface area (Å²) in [5.74, 6) is -1.14. The first-order valence-electron chi connectivity index (χ1n) is 5.85. The van der Waals surface area contributed by atoms with Gasteiger partial charge in [0, 0.05) is 18.3 Å². The SMILES string of the molecule is CCNC(=O)c1ccc(-c2ncccc2O)cc1F. The number of hydrogen-bond acceptors (Lipinski definition) is 3. The summed E-state index contributed by atoms with van der Waals surface area (Å²) in [5.41, 5.74) is 0.675. The number of halogens is 1. The van der Waals surface area contributed by atoms with Crippen LogP contribution in [0.5, 0.6) is 5.75 Å². The molecule has 19 heavy (non-hydrogen) atoms. The van der Waals surface area contributed by atoms with Gasteiger partial charge < -0.3 is 10.4 Å². The first-order chi connectivity index (χ1) is 9.13. The predicted molar refractivity (Wildman–Crippen MR) is 69.3 cm³/mol. The van der Waals surface area contributed by atoms with Gasteiger partial charge in [0.1, 0.15) is 17.3 Å². The molecule has 0 saturated heterocycles. The van der Waals surface area contributed by atoms with Crippen LogP contribution in [0.1, 0.15) is 17.3 Å². The molecule has 0 aliphatic rings. The van der Waals surface area contributed by atoms with Gasteiger partial charge in [0.25, 0.3) is 5.91 Å². The minimum atomic E-state index is -0.645. The molecule has 0 atom stereocenters. The zero-order chi connectivity index (χ0) is 13.8. The van der Waals surface area contributed by atoms with E-state index in [1.165, 1.54) is 24.4 Å². The van der Waals surface area contributed by atoms with Crippen molar-refractivity contribution < 1.29 is 14.3 Å². The summed E-state index contributed by atoms with van der Waals surface area (Å²) in [7, 11) is 0. The fraction of sp³-hybridized carbons (Fsp3) is 0.143. The number of carbonyl (C=O) groups is 1. The maximum absolute atomic E-state index is 13.9. The van der Waals surface area contributed by atoms with Crippen LogP contribution in [0.4, 0.5) is 4.39 Å². The molecule has 1 aromatic heterocycles. The summed E-state index contributed by atoms with van der Waals surface area (Å²) in [6, 6.07) is 7.17. The Balaban J connectivity index is 2.39. The summed E-state index contributed by atoms with van der Waals surface area (Å²) in [5, 5.41) is 12.2. The quantitative estimate of drug-likeness (QED) is 0.890. The predicted octanol–water partition coefficient (Wildman–Crippen LogP) is 2.34. The molecule has 2 N–H and O–H groups in total. The number of aromatic nitrogens is 1. The van der Waals surface area contributed by atoms with Crippen molar-refractivity contribution in [2.75, 3.05) is 6.54 Å². The van der Waals surface area contributed by atoms with Crippen LogP contribution in [0.3, 0.4) is 0 Å². The fourth-order valence-corrected chi connectivity index (χ4v) is 1.72. The van der Waals surface area contributed by atoms with E-state index in [1.807, 2.05) is 0 Å². The molecule has 0 aliphatic heterocycles. The molecule has 2 aromatic rings. The molecule has 1 amide bonds. The largest absolute Gasteiger partial charge is 0.506 e. The second kappa shape index (κ2) is 5.48. The molecule has 2 rings (SSSR count). The molecule has 1 aromatic carbocycles. The number of nitrogens with one attached hydrogen (secondary N) is 1. The van der Waals surface area contributed by atoms with Crippen LogP contribution in [0.2, 0.25) is 0 Å². The Bertz CT molecular complexity index is 614. The minimum absolute atomic E-state index is 0.0268. The molecule has 0 spiro atoms. The number of hydrogen-bond donors (Lipinski definition) is 2. The molecule has 0 aliphatic carbocycles. The normalized spacial score (nSPS) is 10.2. The van der Waals surface area contributed by atoms with Gasteiger partial charge in [-0.2, -0.15) is 0 Å². The van der Waals surface area contributed by atoms with Crippen LogP contribution in [0.25, 0.3) is 11.3 Å². The molecule has 1 heterocycles. The molecular weight excluding hydrogens is 247 g/mol. The van der Waals surface area contributed by atoms with Crippen LogP contribution in [0, 0.1) is 5.82 Å². The van der Waals surface area contributed by atoms with Crippen molar-refractivity contribution in [3.05, 3.63) is 47.9 Å². The second-order valence-corrected chi connectivity index (χ2v) is 3.93. The van der Waals surface area contributed by atoms with Crippen molar-refractivity contribution >= 4 is 5.91 Å². The minimum Gasteiger partial charge on any atom is -0.506 e. The summed E-state index contributed by atoms with van der Waals surface area (Å²) in [6.07, 6.45) is 1.50. The van der Waals surface area contributed by atoms with Gasteiger partial charge >= 0.3 is 0 Å². The standard InChI is InChI=1S/C14H13FN2O2/c1-2-16-14(19)10-6-5-9(8-11(10)15)13-12(18)4-3-7-17-13/h3-8,18H,2H2,1H3,(H,16,19). The Hall–Kier alpha value is -2.43. The summed E-state index contributed by atoms with van der Waals surface area (Å²) < 4.78 is 13.9. The smallest absolute Gasteiger partial charge is 0.254 e. The van der Waals surface area contributed by atoms with Gasteiger partial charge in [-0.05, 0) is 31.2 Å². The van der Waals surface area contributed by atoms with Crippen molar-refractivity contribution in [1.82, 2.24) is 10.3 Å². The number of amides is 1. The van der Waals surface area contributed by atoms with E-state index in [4.69, 9.17) is 0 Å². The average Bonchev–Trinajstić information content (AvgIpc) is 2.39. The summed E-state index contributed by atoms with van der Waals surface area (Å²) in [4.78, 5) is 15.5. The van der Waals surface area contributed by atoms with E-state index >= 15 is 0 Å². The molecule has 0 bridgehead atoms. The Morgan fingerprint density at radius 2 is 2.21 bits per heavy atom. The van der Waals surface area contributed by atoms with E-state index in [9.17, 15) is 14.3 Å². The Labute approximate surface area is 109 Å². The van der Waals surface area contributed by atoms with Gasteiger partial charge in [-0.3, -0.25) is 9.78 Å². The first kappa shape index (κ1) is 13.0. The van der Waals surface area contributed by atoms with Gasteiger partial charge in [-0.1, -0.05) is 6.07 Å². The molecule has 0 radical (unpaired) electrons. The lowest BCUT2D eigenvalue weighted by molar-refractivity contribution is 0.0952. The molecule has 98 valence electrons. The van der Waals surface area contributed by atoms with Crippen molar-refractivity contribution in [3.63, 3.8) is 0 Å². The lowest BCUT2D eigenvalue weighted by atomic mass is 10.1. The first-order valence-corrected chi connectivity index (χ1v) is 5.85. The van der Waals surface area contributed by atoms with Crippen molar-refractivity contribution in [2.24, 2.45) is 0 Å². The highest BCUT2D eigenvalue weighted by molar-refractivity contribution is 5.95. The molecular formula is C14H13FN2O2. The lowest BCUT2D eigenvalue weighted by Crippen LogP contribution is -2.23. The fourth-order valence-electron chi connectivity index (χ4n) is 1.72. The topological polar surface area (TPSA) is 62.2 Å². The highest BCUT2D eigenvalue weighted by Gasteiger charge is 2.13. The molecule has 0 saturated carbocycles. The number of aromatic hydroxyl groups is 1. The lowest BCUT2D eigenvalue weighted by Gasteiger charge is -2.07. The highest BCUT2D eigenvalue weighted by atomic mass is 19.1. The van der Waals surface area contributed by atoms with Gasteiger partial charge in [-0.15, -0.1) is 0 Å². The Morgan fingerprint density at radius 1 is 1.42 bits per heavy atom. The van der Waals surface area contributed by atoms with Crippen molar-refractivity contribution in [2.45, 2.75) is 6.92 Å². The van der Waals surface area contributed by atoms with Gasteiger partial charge in [0.15, 0.2) is 0 Å². The van der Waals surface area contributed by atoms with Gasteiger partial charge in [0.05, 0.1) is 5.56 Å². The van der Waals surface area contributed by atoms with Crippen LogP contribution < -0.4 is 5.32 Å². The van der Waals surface area contributed by atoms with E-state index in [0.29, 0.717) is 12.1 Å². The second-order valence-electron chi connectivity index (χ2n) is 3.93. The Kier molecular flexibility index (Phi) is 3.75. The maximum Gasteiger partial charge on any atom is 0.254 e. The third-order valence-electron chi connectivity index (χ3n) is 2.61. The monoisotopic (exact) mass is 260 g/mol. The van der Waals surface area contributed by atoms with E-state index < -0.39 is 11.7 Å². The highest BCUT2D eigenvalue weighted by Crippen LogP contribution is 2.27. The molecule has 5 heteroatoms. The zero-order valence-corrected chi connectivity index (χ0v) is 10.4. The van der Waals surface area contributed by atoms with Crippen LogP contribution in [0.15, 0.2) is 36.5 Å². The molecule has 0 fully saturated rings. The maximum atomic E-state index is 13.9. The van der Waals surface area contributed by atoms with Crippen molar-refractivity contribution in [3.8, 4) is 17.0 Å². The van der Waals surface area contributed by atoms with Crippen LogP contribution in [-0.2, 0) is 0 Å². The number of carbonyl (C=O) groups excluding carboxylic acids is 1. The van der Waals surface area contributed by atoms with Crippen molar-refractivity contribution in [1.29, 1.82) is 0 Å². The zero-order valence-electron chi connectivity index (χ0n) is 10.4. The Morgan fingerprint density at radius 3 is 2.84 bits per heavy atom. The number of pyridine rings is 1. The van der Waals surface area contributed by atoms with E-state index in [2.05, 4.69) is 10.3 Å². The number of benzene rings is 1. The van der Waals surface area contributed by atoms with Gasteiger partial charge in [-0.25, -0.2) is 4.39 Å². The van der Waals surface area contributed by atoms with Crippen LogP contribution in [-0.4, -0.2) is 22.5 Å². The summed E-state index contributed by atoms with van der Waals surface area (Å²) in [6.45, 7) is 2.19. The molecule has 4 nitrogen and oxygen atoms in total. The average molecular weight is 260 g/mol. The number of rotatable bonds is 3. The van der Waals surface area contributed by atoms with E-state index in [1.54, 1.807) is 19.1 Å². The third kappa shape index (κ3) is 2.70.